The van der Waals surface area contributed by atoms with Crippen LogP contribution in [0.5, 0.6) is 11.5 Å². The zero-order valence-electron chi connectivity index (χ0n) is 18.2. The fourth-order valence-corrected chi connectivity index (χ4v) is 3.58. The van der Waals surface area contributed by atoms with Gasteiger partial charge in [-0.15, -0.1) is 0 Å². The van der Waals surface area contributed by atoms with Crippen LogP contribution in [0.3, 0.4) is 0 Å². The van der Waals surface area contributed by atoms with Gasteiger partial charge in [0.05, 0.1) is 26.1 Å². The van der Waals surface area contributed by atoms with E-state index in [0.29, 0.717) is 17.1 Å². The minimum atomic E-state index is -0.341. The van der Waals surface area contributed by atoms with Gasteiger partial charge in [0, 0.05) is 28.6 Å². The summed E-state index contributed by atoms with van der Waals surface area (Å²) < 4.78 is 12.6. The second-order valence-corrected chi connectivity index (χ2v) is 7.20. The highest BCUT2D eigenvalue weighted by molar-refractivity contribution is 5.95. The highest BCUT2D eigenvalue weighted by atomic mass is 16.5. The summed E-state index contributed by atoms with van der Waals surface area (Å²) in [5.41, 5.74) is 9.69. The minimum absolute atomic E-state index is 0.341. The maximum Gasteiger partial charge on any atom is 0.271 e. The number of aryl methyl sites for hydroxylation is 3. The van der Waals surface area contributed by atoms with E-state index < -0.39 is 0 Å². The molecule has 0 unspecified atom stereocenters. The molecule has 1 heterocycles. The average molecular weight is 405 g/mol. The molecule has 1 amide bonds. The maximum atomic E-state index is 12.5. The molecule has 1 N–H and O–H groups in total. The quantitative estimate of drug-likeness (QED) is 0.485. The molecule has 6 heteroatoms. The number of benzene rings is 2. The predicted molar refractivity (Wildman–Crippen MR) is 119 cm³/mol. The molecule has 3 rings (SSSR count). The molecule has 156 valence electrons. The van der Waals surface area contributed by atoms with Gasteiger partial charge in [-0.05, 0) is 57.0 Å². The summed E-state index contributed by atoms with van der Waals surface area (Å²) in [4.78, 5) is 12.5. The first kappa shape index (κ1) is 21.2. The Morgan fingerprint density at radius 1 is 0.967 bits per heavy atom. The van der Waals surface area contributed by atoms with Crippen molar-refractivity contribution in [1.82, 2.24) is 9.99 Å². The lowest BCUT2D eigenvalue weighted by Crippen LogP contribution is -2.17. The molecule has 0 spiro atoms. The summed E-state index contributed by atoms with van der Waals surface area (Å²) in [6.45, 7) is 8.33. The zero-order chi connectivity index (χ0) is 21.8. The summed E-state index contributed by atoms with van der Waals surface area (Å²) in [6, 6.07) is 13.3. The largest absolute Gasteiger partial charge is 0.497 e. The molecule has 0 aliphatic rings. The second-order valence-electron chi connectivity index (χ2n) is 7.20. The maximum absolute atomic E-state index is 12.5. The van der Waals surface area contributed by atoms with Crippen molar-refractivity contribution in [3.05, 3.63) is 76.1 Å². The molecule has 0 saturated heterocycles. The first-order valence-electron chi connectivity index (χ1n) is 9.67. The van der Waals surface area contributed by atoms with Crippen LogP contribution >= 0.6 is 0 Å². The van der Waals surface area contributed by atoms with Crippen molar-refractivity contribution in [3.8, 4) is 17.2 Å². The third-order valence-corrected chi connectivity index (χ3v) is 5.12. The zero-order valence-corrected chi connectivity index (χ0v) is 18.2. The van der Waals surface area contributed by atoms with E-state index in [1.54, 1.807) is 38.6 Å². The molecule has 6 nitrogen and oxygen atoms in total. The first-order valence-corrected chi connectivity index (χ1v) is 9.67. The molecule has 0 saturated carbocycles. The summed E-state index contributed by atoms with van der Waals surface area (Å²) in [6.07, 6.45) is 1.67. The van der Waals surface area contributed by atoms with E-state index >= 15 is 0 Å². The monoisotopic (exact) mass is 405 g/mol. The molecule has 2 aromatic carbocycles. The molecule has 0 aliphatic carbocycles. The SMILES string of the molecule is COc1cc(OC)cc(C(=O)NN=Cc2cc(C)n(-c3c(C)cccc3C)c2C)c1. The van der Waals surface area contributed by atoms with Crippen LogP contribution in [0, 0.1) is 27.7 Å². The van der Waals surface area contributed by atoms with Crippen LogP contribution in [0.15, 0.2) is 47.6 Å². The topological polar surface area (TPSA) is 64.8 Å². The van der Waals surface area contributed by atoms with Crippen molar-refractivity contribution in [2.24, 2.45) is 5.10 Å². The Morgan fingerprint density at radius 2 is 1.57 bits per heavy atom. The normalized spacial score (nSPS) is 11.0. The van der Waals surface area contributed by atoms with E-state index in [1.807, 2.05) is 0 Å². The van der Waals surface area contributed by atoms with E-state index in [4.69, 9.17) is 9.47 Å². The van der Waals surface area contributed by atoms with E-state index in [0.717, 1.165) is 17.0 Å². The Labute approximate surface area is 177 Å². The van der Waals surface area contributed by atoms with Crippen LogP contribution in [-0.4, -0.2) is 30.9 Å². The molecule has 0 radical (unpaired) electrons. The van der Waals surface area contributed by atoms with Gasteiger partial charge in [0.2, 0.25) is 0 Å². The first-order chi connectivity index (χ1) is 14.3. The van der Waals surface area contributed by atoms with Crippen LogP contribution in [-0.2, 0) is 0 Å². The number of hydrogen-bond donors (Lipinski definition) is 1. The van der Waals surface area contributed by atoms with Gasteiger partial charge < -0.3 is 14.0 Å². The Bertz CT molecular complexity index is 1070. The number of carbonyl (C=O) groups is 1. The van der Waals surface area contributed by atoms with Gasteiger partial charge in [-0.25, -0.2) is 5.43 Å². The Balaban J connectivity index is 1.84. The molecule has 0 atom stereocenters. The van der Waals surface area contributed by atoms with Crippen LogP contribution in [0.4, 0.5) is 0 Å². The van der Waals surface area contributed by atoms with Gasteiger partial charge in [-0.3, -0.25) is 4.79 Å². The smallest absolute Gasteiger partial charge is 0.271 e. The van der Waals surface area contributed by atoms with Gasteiger partial charge >= 0.3 is 0 Å². The molecular formula is C24H27N3O3. The summed E-state index contributed by atoms with van der Waals surface area (Å²) in [7, 11) is 3.08. The van der Waals surface area contributed by atoms with E-state index in [9.17, 15) is 4.79 Å². The van der Waals surface area contributed by atoms with Crippen molar-refractivity contribution in [2.75, 3.05) is 14.2 Å². The average Bonchev–Trinajstić information content (AvgIpc) is 3.01. The number of nitrogens with one attached hydrogen (secondary N) is 1. The molecule has 0 aliphatic heterocycles. The third-order valence-electron chi connectivity index (χ3n) is 5.12. The standard InChI is InChI=1S/C24H27N3O3/c1-15-8-7-9-16(2)23(15)27-17(3)10-20(18(27)4)14-25-26-24(28)19-11-21(29-5)13-22(12-19)30-6/h7-14H,1-6H3,(H,26,28). The lowest BCUT2D eigenvalue weighted by molar-refractivity contribution is 0.0954. The van der Waals surface area contributed by atoms with Crippen molar-refractivity contribution >= 4 is 12.1 Å². The van der Waals surface area contributed by atoms with Gasteiger partial charge in [-0.1, -0.05) is 18.2 Å². The Morgan fingerprint density at radius 3 is 2.13 bits per heavy atom. The van der Waals surface area contributed by atoms with Gasteiger partial charge in [0.25, 0.3) is 5.91 Å². The number of carbonyl (C=O) groups excluding carboxylic acids is 1. The fourth-order valence-electron chi connectivity index (χ4n) is 3.58. The highest BCUT2D eigenvalue weighted by Crippen LogP contribution is 2.25. The molecule has 30 heavy (non-hydrogen) atoms. The summed E-state index contributed by atoms with van der Waals surface area (Å²) in [5.74, 6) is 0.744. The number of aromatic nitrogens is 1. The van der Waals surface area contributed by atoms with Crippen LogP contribution in [0.1, 0.15) is 38.4 Å². The summed E-state index contributed by atoms with van der Waals surface area (Å²) in [5, 5.41) is 4.16. The van der Waals surface area contributed by atoms with Crippen LogP contribution in [0.2, 0.25) is 0 Å². The summed E-state index contributed by atoms with van der Waals surface area (Å²) >= 11 is 0. The molecule has 1 aromatic heterocycles. The number of hydrazone groups is 1. The van der Waals surface area contributed by atoms with Gasteiger partial charge in [0.1, 0.15) is 11.5 Å². The Kier molecular flexibility index (Phi) is 6.26. The minimum Gasteiger partial charge on any atom is -0.497 e. The van der Waals surface area contributed by atoms with Crippen molar-refractivity contribution in [3.63, 3.8) is 0 Å². The molecule has 0 bridgehead atoms. The number of nitrogens with zero attached hydrogens (tertiary/aromatic N) is 2. The number of hydrogen-bond acceptors (Lipinski definition) is 4. The van der Waals surface area contributed by atoms with E-state index in [2.05, 4.69) is 67.1 Å². The lowest BCUT2D eigenvalue weighted by atomic mass is 10.1. The number of para-hydroxylation sites is 1. The number of amides is 1. The van der Waals surface area contributed by atoms with Crippen molar-refractivity contribution in [2.45, 2.75) is 27.7 Å². The predicted octanol–water partition coefficient (Wildman–Crippen LogP) is 4.49. The van der Waals surface area contributed by atoms with Crippen molar-refractivity contribution in [1.29, 1.82) is 0 Å². The van der Waals surface area contributed by atoms with E-state index in [1.165, 1.54) is 16.8 Å². The number of rotatable bonds is 6. The highest BCUT2D eigenvalue weighted by Gasteiger charge is 2.13. The molecular weight excluding hydrogens is 378 g/mol. The van der Waals surface area contributed by atoms with Crippen molar-refractivity contribution < 1.29 is 14.3 Å². The lowest BCUT2D eigenvalue weighted by Gasteiger charge is -2.15. The Hall–Kier alpha value is -3.54. The van der Waals surface area contributed by atoms with Crippen LogP contribution in [0.25, 0.3) is 5.69 Å². The van der Waals surface area contributed by atoms with Gasteiger partial charge in [-0.2, -0.15) is 5.10 Å². The van der Waals surface area contributed by atoms with Gasteiger partial charge in [0.15, 0.2) is 0 Å². The molecule has 3 aromatic rings. The van der Waals surface area contributed by atoms with Crippen LogP contribution < -0.4 is 14.9 Å². The second kappa shape index (κ2) is 8.86. The third kappa shape index (κ3) is 4.22. The fraction of sp³-hybridized carbons (Fsp3) is 0.250. The number of methoxy groups -OCH3 is 2. The van der Waals surface area contributed by atoms with E-state index in [-0.39, 0.29) is 5.91 Å². The molecule has 0 fully saturated rings. The number of ether oxygens (including phenoxy) is 2.